The summed E-state index contributed by atoms with van der Waals surface area (Å²) >= 11 is 1.54. The molecular formula is C27H37N5OS. The van der Waals surface area contributed by atoms with Gasteiger partial charge in [-0.15, -0.1) is 10.2 Å². The lowest BCUT2D eigenvalue weighted by Gasteiger charge is -2.56. The van der Waals surface area contributed by atoms with E-state index in [1.807, 2.05) is 0 Å². The van der Waals surface area contributed by atoms with Crippen molar-refractivity contribution in [2.75, 3.05) is 18.8 Å². The maximum atomic E-state index is 13.1. The Bertz CT molecular complexity index is 964. The number of nitrogens with zero attached hydrogens (tertiary/aromatic N) is 4. The van der Waals surface area contributed by atoms with Gasteiger partial charge in [-0.1, -0.05) is 48.5 Å². The SMILES string of the molecule is O=C(CSc1nnc(CN2CCCCC2)n1Cc1ccccc1)NC12CC3CC(CC(C3)C1)C2. The molecule has 7 heteroatoms. The topological polar surface area (TPSA) is 63.1 Å². The fourth-order valence-electron chi connectivity index (χ4n) is 7.51. The first-order valence-corrected chi connectivity index (χ1v) is 14.2. The van der Waals surface area contributed by atoms with Crippen LogP contribution in [-0.2, 0) is 17.9 Å². The summed E-state index contributed by atoms with van der Waals surface area (Å²) < 4.78 is 2.23. The van der Waals surface area contributed by atoms with Crippen molar-refractivity contribution in [1.82, 2.24) is 25.0 Å². The van der Waals surface area contributed by atoms with Gasteiger partial charge in [0.1, 0.15) is 5.82 Å². The summed E-state index contributed by atoms with van der Waals surface area (Å²) in [5.74, 6) is 4.10. The zero-order valence-electron chi connectivity index (χ0n) is 20.1. The third-order valence-corrected chi connectivity index (χ3v) is 9.53. The molecule has 1 aliphatic heterocycles. The first-order chi connectivity index (χ1) is 16.6. The number of carbonyl (C=O) groups excluding carboxylic acids is 1. The van der Waals surface area contributed by atoms with Crippen molar-refractivity contribution < 1.29 is 4.79 Å². The number of amides is 1. The van der Waals surface area contributed by atoms with Crippen LogP contribution in [0.2, 0.25) is 0 Å². The fraction of sp³-hybridized carbons (Fsp3) is 0.667. The molecule has 4 aliphatic carbocycles. The van der Waals surface area contributed by atoms with Crippen LogP contribution >= 0.6 is 11.8 Å². The fourth-order valence-corrected chi connectivity index (χ4v) is 8.27. The molecule has 0 spiro atoms. The van der Waals surface area contributed by atoms with Crippen molar-refractivity contribution in [1.29, 1.82) is 0 Å². The Morgan fingerprint density at radius 2 is 1.62 bits per heavy atom. The van der Waals surface area contributed by atoms with Gasteiger partial charge in [-0.2, -0.15) is 0 Å². The van der Waals surface area contributed by atoms with Crippen LogP contribution in [0, 0.1) is 17.8 Å². The smallest absolute Gasteiger partial charge is 0.230 e. The molecule has 1 aromatic heterocycles. The molecule has 7 rings (SSSR count). The lowest BCUT2D eigenvalue weighted by atomic mass is 9.53. The Morgan fingerprint density at radius 1 is 0.941 bits per heavy atom. The van der Waals surface area contributed by atoms with Crippen LogP contribution in [0.15, 0.2) is 35.5 Å². The molecule has 34 heavy (non-hydrogen) atoms. The van der Waals surface area contributed by atoms with Crippen molar-refractivity contribution >= 4 is 17.7 Å². The van der Waals surface area contributed by atoms with Gasteiger partial charge in [0.05, 0.1) is 18.8 Å². The number of benzene rings is 1. The maximum Gasteiger partial charge on any atom is 0.230 e. The monoisotopic (exact) mass is 479 g/mol. The summed E-state index contributed by atoms with van der Waals surface area (Å²) in [7, 11) is 0. The molecule has 5 fully saturated rings. The molecular weight excluding hydrogens is 442 g/mol. The number of carbonyl (C=O) groups is 1. The van der Waals surface area contributed by atoms with E-state index in [9.17, 15) is 4.79 Å². The first-order valence-electron chi connectivity index (χ1n) is 13.3. The van der Waals surface area contributed by atoms with Crippen LogP contribution in [0.1, 0.15) is 69.2 Å². The minimum atomic E-state index is 0.0729. The Morgan fingerprint density at radius 3 is 2.29 bits per heavy atom. The van der Waals surface area contributed by atoms with E-state index in [1.165, 1.54) is 63.4 Å². The van der Waals surface area contributed by atoms with Gasteiger partial charge in [-0.25, -0.2) is 0 Å². The second-order valence-electron chi connectivity index (χ2n) is 11.3. The summed E-state index contributed by atoms with van der Waals surface area (Å²) in [6.45, 7) is 3.85. The van der Waals surface area contributed by atoms with Gasteiger partial charge < -0.3 is 9.88 Å². The Labute approximate surface area is 207 Å². The van der Waals surface area contributed by atoms with E-state index >= 15 is 0 Å². The number of rotatable bonds is 8. The molecule has 1 amide bonds. The molecule has 6 nitrogen and oxygen atoms in total. The molecule has 4 bridgehead atoms. The van der Waals surface area contributed by atoms with Gasteiger partial charge in [0.2, 0.25) is 5.91 Å². The molecule has 2 aromatic rings. The van der Waals surface area contributed by atoms with Crippen LogP contribution in [0.5, 0.6) is 0 Å². The van der Waals surface area contributed by atoms with Gasteiger partial charge in [-0.3, -0.25) is 9.69 Å². The van der Waals surface area contributed by atoms with E-state index in [0.717, 1.165) is 54.9 Å². The van der Waals surface area contributed by atoms with Crippen molar-refractivity contribution in [2.24, 2.45) is 17.8 Å². The highest BCUT2D eigenvalue weighted by atomic mass is 32.2. The number of likely N-dealkylation sites (tertiary alicyclic amines) is 1. The van der Waals surface area contributed by atoms with Crippen LogP contribution in [0.25, 0.3) is 0 Å². The van der Waals surface area contributed by atoms with Crippen molar-refractivity contribution in [3.05, 3.63) is 41.7 Å². The van der Waals surface area contributed by atoms with Crippen LogP contribution in [-0.4, -0.2) is 50.0 Å². The first kappa shape index (κ1) is 22.6. The zero-order valence-corrected chi connectivity index (χ0v) is 20.9. The highest BCUT2D eigenvalue weighted by Crippen LogP contribution is 2.55. The Kier molecular flexibility index (Phi) is 6.41. The van der Waals surface area contributed by atoms with Crippen LogP contribution < -0.4 is 5.32 Å². The van der Waals surface area contributed by atoms with Gasteiger partial charge in [-0.05, 0) is 87.8 Å². The predicted octanol–water partition coefficient (Wildman–Crippen LogP) is 4.49. The number of piperidine rings is 1. The minimum absolute atomic E-state index is 0.0729. The van der Waals surface area contributed by atoms with Gasteiger partial charge in [0, 0.05) is 5.54 Å². The summed E-state index contributed by atoms with van der Waals surface area (Å²) in [6, 6.07) is 10.5. The maximum absolute atomic E-state index is 13.1. The lowest BCUT2D eigenvalue weighted by Crippen LogP contribution is -2.60. The quantitative estimate of drug-likeness (QED) is 0.565. The van der Waals surface area contributed by atoms with Crippen molar-refractivity contribution in [2.45, 2.75) is 81.6 Å². The average molecular weight is 480 g/mol. The Balaban J connectivity index is 1.13. The van der Waals surface area contributed by atoms with E-state index in [4.69, 9.17) is 0 Å². The largest absolute Gasteiger partial charge is 0.350 e. The lowest BCUT2D eigenvalue weighted by molar-refractivity contribution is -0.124. The van der Waals surface area contributed by atoms with E-state index in [1.54, 1.807) is 11.8 Å². The minimum Gasteiger partial charge on any atom is -0.350 e. The second kappa shape index (κ2) is 9.65. The number of hydrogen-bond donors (Lipinski definition) is 1. The molecule has 1 aromatic carbocycles. The summed E-state index contributed by atoms with van der Waals surface area (Å²) in [5, 5.41) is 13.5. The highest BCUT2D eigenvalue weighted by molar-refractivity contribution is 7.99. The van der Waals surface area contributed by atoms with Crippen molar-refractivity contribution in [3.8, 4) is 0 Å². The third-order valence-electron chi connectivity index (χ3n) is 8.57. The molecule has 0 atom stereocenters. The van der Waals surface area contributed by atoms with Gasteiger partial charge in [0.25, 0.3) is 0 Å². The predicted molar refractivity (Wildman–Crippen MR) is 134 cm³/mol. The average Bonchev–Trinajstić information content (AvgIpc) is 3.19. The summed E-state index contributed by atoms with van der Waals surface area (Å²) in [6.07, 6.45) is 11.6. The van der Waals surface area contributed by atoms with E-state index in [0.29, 0.717) is 5.75 Å². The van der Waals surface area contributed by atoms with Crippen LogP contribution in [0.3, 0.4) is 0 Å². The van der Waals surface area contributed by atoms with Crippen LogP contribution in [0.4, 0.5) is 0 Å². The standard InChI is InChI=1S/C27H37N5OS/c33-25(28-27-14-21-11-22(15-27)13-23(12-21)16-27)19-34-26-30-29-24(18-31-9-5-2-6-10-31)32(26)17-20-7-3-1-4-8-20/h1,3-4,7-8,21-23H,2,5-6,9-19H2,(H,28,33). The van der Waals surface area contributed by atoms with Crippen molar-refractivity contribution in [3.63, 3.8) is 0 Å². The van der Waals surface area contributed by atoms with E-state index in [-0.39, 0.29) is 11.4 Å². The molecule has 1 N–H and O–H groups in total. The van der Waals surface area contributed by atoms with Gasteiger partial charge >= 0.3 is 0 Å². The normalized spacial score (nSPS) is 30.5. The molecule has 0 radical (unpaired) electrons. The molecule has 4 saturated carbocycles. The summed E-state index contributed by atoms with van der Waals surface area (Å²) in [4.78, 5) is 15.6. The highest BCUT2D eigenvalue weighted by Gasteiger charge is 2.51. The number of hydrogen-bond acceptors (Lipinski definition) is 5. The number of nitrogens with one attached hydrogen (secondary N) is 1. The zero-order chi connectivity index (χ0) is 23.0. The number of thioether (sulfide) groups is 1. The molecule has 5 aliphatic rings. The molecule has 1 saturated heterocycles. The molecule has 2 heterocycles. The third kappa shape index (κ3) is 4.92. The van der Waals surface area contributed by atoms with E-state index in [2.05, 4.69) is 55.3 Å². The van der Waals surface area contributed by atoms with Gasteiger partial charge in [0.15, 0.2) is 5.16 Å². The van der Waals surface area contributed by atoms with E-state index < -0.39 is 0 Å². The molecule has 0 unspecified atom stereocenters. The second-order valence-corrected chi connectivity index (χ2v) is 12.3. The summed E-state index contributed by atoms with van der Waals surface area (Å²) in [5.41, 5.74) is 1.31. The Hall–Kier alpha value is -1.86. The number of aromatic nitrogens is 3. The molecule has 182 valence electrons.